The summed E-state index contributed by atoms with van der Waals surface area (Å²) >= 11 is 1.60. The number of aryl methyl sites for hydroxylation is 1. The molecule has 0 saturated carbocycles. The van der Waals surface area contributed by atoms with Crippen LogP contribution in [0.1, 0.15) is 24.6 Å². The Labute approximate surface area is 150 Å². The van der Waals surface area contributed by atoms with Crippen LogP contribution in [-0.2, 0) is 16.1 Å². The molecule has 2 amide bonds. The number of benzene rings is 1. The number of amides is 2. The van der Waals surface area contributed by atoms with Crippen LogP contribution in [0.2, 0.25) is 0 Å². The second-order valence-corrected chi connectivity index (χ2v) is 7.11. The lowest BCUT2D eigenvalue weighted by atomic mass is 10.1. The van der Waals surface area contributed by atoms with E-state index in [1.165, 1.54) is 11.8 Å². The van der Waals surface area contributed by atoms with Gasteiger partial charge < -0.3 is 15.3 Å². The van der Waals surface area contributed by atoms with Crippen molar-refractivity contribution in [2.24, 2.45) is 0 Å². The van der Waals surface area contributed by atoms with Gasteiger partial charge in [-0.25, -0.2) is 4.98 Å². The van der Waals surface area contributed by atoms with Gasteiger partial charge in [-0.2, -0.15) is 0 Å². The van der Waals surface area contributed by atoms with Crippen molar-refractivity contribution in [2.75, 3.05) is 6.54 Å². The van der Waals surface area contributed by atoms with Crippen molar-refractivity contribution in [3.8, 4) is 10.4 Å². The highest BCUT2D eigenvalue weighted by molar-refractivity contribution is 7.13. The molecular formula is C18H21N3O3S. The van der Waals surface area contributed by atoms with Crippen LogP contribution < -0.4 is 5.32 Å². The fraction of sp³-hybridized carbons (Fsp3) is 0.389. The van der Waals surface area contributed by atoms with Crippen LogP contribution in [0, 0.1) is 6.92 Å². The van der Waals surface area contributed by atoms with Gasteiger partial charge in [0.05, 0.1) is 22.2 Å². The first-order chi connectivity index (χ1) is 12.0. The van der Waals surface area contributed by atoms with Crippen molar-refractivity contribution in [1.29, 1.82) is 0 Å². The minimum absolute atomic E-state index is 0.194. The van der Waals surface area contributed by atoms with Crippen molar-refractivity contribution in [2.45, 2.75) is 39.0 Å². The van der Waals surface area contributed by atoms with E-state index >= 15 is 0 Å². The first kappa shape index (κ1) is 17.6. The highest BCUT2D eigenvalue weighted by Crippen LogP contribution is 2.27. The molecule has 1 saturated heterocycles. The topological polar surface area (TPSA) is 82.5 Å². The zero-order valence-corrected chi connectivity index (χ0v) is 15.0. The maximum atomic E-state index is 12.4. The molecule has 7 heteroatoms. The van der Waals surface area contributed by atoms with Crippen LogP contribution in [0.5, 0.6) is 0 Å². The highest BCUT2D eigenvalue weighted by Gasteiger charge is 2.37. The van der Waals surface area contributed by atoms with Gasteiger partial charge in [-0.1, -0.05) is 24.3 Å². The average molecular weight is 359 g/mol. The molecule has 2 aromatic rings. The number of hydrogen-bond acceptors (Lipinski definition) is 5. The number of nitrogens with one attached hydrogen (secondary N) is 1. The van der Waals surface area contributed by atoms with Crippen molar-refractivity contribution >= 4 is 23.2 Å². The van der Waals surface area contributed by atoms with Gasteiger partial charge in [0.2, 0.25) is 11.8 Å². The summed E-state index contributed by atoms with van der Waals surface area (Å²) in [5, 5.41) is 12.6. The van der Waals surface area contributed by atoms with Crippen LogP contribution in [0.15, 0.2) is 29.8 Å². The quantitative estimate of drug-likeness (QED) is 0.871. The smallest absolute Gasteiger partial charge is 0.243 e. The molecule has 0 unspecified atom stereocenters. The first-order valence-electron chi connectivity index (χ1n) is 8.18. The number of aliphatic hydroxyl groups excluding tert-OH is 1. The largest absolute Gasteiger partial charge is 0.391 e. The molecule has 2 atom stereocenters. The number of hydrogen-bond donors (Lipinski definition) is 2. The number of carbonyl (C=O) groups is 2. The number of likely N-dealkylation sites (tertiary alicyclic amines) is 1. The van der Waals surface area contributed by atoms with Crippen LogP contribution in [-0.4, -0.2) is 45.5 Å². The standard InChI is InChI=1S/C18H21N3O3S/c1-11-17(25-10-20-11)14-5-3-13(4-6-14)8-19-18(24)16-7-15(23)9-21(16)12(2)22/h3-6,10,15-16,23H,7-9H2,1-2H3,(H,19,24)/t15-,16+/m0/s1. The summed E-state index contributed by atoms with van der Waals surface area (Å²) in [6.45, 7) is 4.00. The molecule has 0 radical (unpaired) electrons. The van der Waals surface area contributed by atoms with Gasteiger partial charge in [0, 0.05) is 26.4 Å². The number of aromatic nitrogens is 1. The minimum atomic E-state index is -0.637. The van der Waals surface area contributed by atoms with Gasteiger partial charge in [-0.05, 0) is 18.1 Å². The molecule has 1 aliphatic heterocycles. The molecule has 25 heavy (non-hydrogen) atoms. The Morgan fingerprint density at radius 3 is 2.68 bits per heavy atom. The van der Waals surface area contributed by atoms with Crippen LogP contribution in [0.4, 0.5) is 0 Å². The van der Waals surface area contributed by atoms with E-state index in [1.54, 1.807) is 11.3 Å². The van der Waals surface area contributed by atoms with Crippen molar-refractivity contribution in [3.05, 3.63) is 41.0 Å². The van der Waals surface area contributed by atoms with Gasteiger partial charge in [0.15, 0.2) is 0 Å². The van der Waals surface area contributed by atoms with Gasteiger partial charge in [0.1, 0.15) is 6.04 Å². The molecule has 1 aromatic carbocycles. The second-order valence-electron chi connectivity index (χ2n) is 6.26. The van der Waals surface area contributed by atoms with Gasteiger partial charge >= 0.3 is 0 Å². The lowest BCUT2D eigenvalue weighted by Gasteiger charge is -2.22. The molecule has 1 aliphatic rings. The Morgan fingerprint density at radius 1 is 1.36 bits per heavy atom. The summed E-state index contributed by atoms with van der Waals surface area (Å²) in [6.07, 6.45) is -0.351. The molecule has 2 heterocycles. The molecule has 1 fully saturated rings. The Hall–Kier alpha value is -2.25. The van der Waals surface area contributed by atoms with E-state index in [0.717, 1.165) is 21.7 Å². The van der Waals surface area contributed by atoms with Crippen LogP contribution in [0.25, 0.3) is 10.4 Å². The van der Waals surface area contributed by atoms with Gasteiger partial charge in [0.25, 0.3) is 0 Å². The van der Waals surface area contributed by atoms with E-state index in [4.69, 9.17) is 0 Å². The Kier molecular flexibility index (Phi) is 5.15. The van der Waals surface area contributed by atoms with E-state index in [1.807, 2.05) is 36.7 Å². The van der Waals surface area contributed by atoms with Crippen LogP contribution in [0.3, 0.4) is 0 Å². The Balaban J connectivity index is 1.61. The third-order valence-corrected chi connectivity index (χ3v) is 5.39. The molecule has 6 nitrogen and oxygen atoms in total. The normalized spacial score (nSPS) is 19.9. The summed E-state index contributed by atoms with van der Waals surface area (Å²) in [7, 11) is 0. The molecule has 3 rings (SSSR count). The summed E-state index contributed by atoms with van der Waals surface area (Å²) in [6, 6.07) is 7.39. The monoisotopic (exact) mass is 359 g/mol. The van der Waals surface area contributed by atoms with E-state index in [0.29, 0.717) is 6.54 Å². The number of thiazole rings is 1. The molecule has 132 valence electrons. The third kappa shape index (κ3) is 3.88. The summed E-state index contributed by atoms with van der Waals surface area (Å²) in [5.41, 5.74) is 4.93. The molecule has 1 aromatic heterocycles. The fourth-order valence-corrected chi connectivity index (χ4v) is 3.88. The van der Waals surface area contributed by atoms with Crippen molar-refractivity contribution < 1.29 is 14.7 Å². The predicted molar refractivity (Wildman–Crippen MR) is 95.9 cm³/mol. The molecular weight excluding hydrogens is 338 g/mol. The van der Waals surface area contributed by atoms with E-state index in [-0.39, 0.29) is 24.8 Å². The number of carbonyl (C=O) groups excluding carboxylic acids is 2. The second kappa shape index (κ2) is 7.33. The maximum absolute atomic E-state index is 12.4. The Morgan fingerprint density at radius 2 is 2.08 bits per heavy atom. The van der Waals surface area contributed by atoms with Crippen molar-refractivity contribution in [1.82, 2.24) is 15.2 Å². The summed E-state index contributed by atoms with van der Waals surface area (Å²) < 4.78 is 0. The molecule has 0 spiro atoms. The Bertz CT molecular complexity index is 772. The minimum Gasteiger partial charge on any atom is -0.391 e. The number of rotatable bonds is 4. The zero-order valence-electron chi connectivity index (χ0n) is 14.2. The summed E-state index contributed by atoms with van der Waals surface area (Å²) in [5.74, 6) is -0.421. The van der Waals surface area contributed by atoms with E-state index in [2.05, 4.69) is 10.3 Å². The fourth-order valence-electron chi connectivity index (χ4n) is 3.07. The molecule has 2 N–H and O–H groups in total. The number of nitrogens with zero attached hydrogens (tertiary/aromatic N) is 2. The zero-order chi connectivity index (χ0) is 18.0. The maximum Gasteiger partial charge on any atom is 0.243 e. The van der Waals surface area contributed by atoms with Crippen molar-refractivity contribution in [3.63, 3.8) is 0 Å². The molecule has 0 bridgehead atoms. The van der Waals surface area contributed by atoms with Gasteiger partial charge in [-0.15, -0.1) is 11.3 Å². The SMILES string of the molecule is CC(=O)N1C[C@@H](O)C[C@@H]1C(=O)NCc1ccc(-c2scnc2C)cc1. The number of aliphatic hydroxyl groups is 1. The van der Waals surface area contributed by atoms with E-state index in [9.17, 15) is 14.7 Å². The highest BCUT2D eigenvalue weighted by atomic mass is 32.1. The number of β-amino-alcohol motifs (C(OH)–C–C–N with tert-alkyl or cyclic N) is 1. The molecule has 0 aliphatic carbocycles. The third-order valence-electron chi connectivity index (χ3n) is 4.41. The first-order valence-corrected chi connectivity index (χ1v) is 9.06. The van der Waals surface area contributed by atoms with Crippen LogP contribution >= 0.6 is 11.3 Å². The average Bonchev–Trinajstić information content (AvgIpc) is 3.19. The lowest BCUT2D eigenvalue weighted by Crippen LogP contribution is -2.44. The predicted octanol–water partition coefficient (Wildman–Crippen LogP) is 1.72. The lowest BCUT2D eigenvalue weighted by molar-refractivity contribution is -0.137. The van der Waals surface area contributed by atoms with E-state index < -0.39 is 12.1 Å². The summed E-state index contributed by atoms with van der Waals surface area (Å²) in [4.78, 5) is 30.8. The van der Waals surface area contributed by atoms with Gasteiger partial charge in [-0.3, -0.25) is 9.59 Å².